The predicted molar refractivity (Wildman–Crippen MR) is 120 cm³/mol. The second-order valence-electron chi connectivity index (χ2n) is 6.25. The third-order valence-electron chi connectivity index (χ3n) is 4.55. The molecule has 1 aromatic carbocycles. The van der Waals surface area contributed by atoms with Crippen molar-refractivity contribution in [1.82, 2.24) is 19.6 Å². The molecule has 0 amide bonds. The molecule has 0 saturated carbocycles. The number of nitrogens with zero attached hydrogens (tertiary/aromatic N) is 5. The van der Waals surface area contributed by atoms with E-state index in [1.807, 2.05) is 6.92 Å². The van der Waals surface area contributed by atoms with Gasteiger partial charge in [-0.15, -0.1) is 24.0 Å². The van der Waals surface area contributed by atoms with Crippen LogP contribution in [-0.2, 0) is 12.8 Å². The Morgan fingerprint density at radius 2 is 1.89 bits per heavy atom. The maximum Gasteiger partial charge on any atom is 0.205 e. The van der Waals surface area contributed by atoms with Crippen molar-refractivity contribution in [2.45, 2.75) is 19.8 Å². The first kappa shape index (κ1) is 22.7. The number of aryl methyl sites for hydroxylation is 1. The second-order valence-corrected chi connectivity index (χ2v) is 6.98. The highest BCUT2D eigenvalue weighted by Gasteiger charge is 2.22. The highest BCUT2D eigenvalue weighted by molar-refractivity contribution is 14.0. The van der Waals surface area contributed by atoms with Gasteiger partial charge in [0.25, 0.3) is 0 Å². The highest BCUT2D eigenvalue weighted by atomic mass is 127. The molecule has 28 heavy (non-hydrogen) atoms. The molecule has 0 aliphatic carbocycles. The van der Waals surface area contributed by atoms with Crippen molar-refractivity contribution in [2.75, 3.05) is 44.7 Å². The van der Waals surface area contributed by atoms with Gasteiger partial charge in [0.05, 0.1) is 0 Å². The van der Waals surface area contributed by atoms with E-state index in [0.29, 0.717) is 6.54 Å². The Morgan fingerprint density at radius 1 is 1.21 bits per heavy atom. The minimum Gasteiger partial charge on any atom is -0.356 e. The van der Waals surface area contributed by atoms with Gasteiger partial charge in [0.2, 0.25) is 5.13 Å². The van der Waals surface area contributed by atoms with E-state index in [2.05, 4.69) is 29.5 Å². The van der Waals surface area contributed by atoms with E-state index in [1.54, 1.807) is 7.05 Å². The van der Waals surface area contributed by atoms with Crippen LogP contribution < -0.4 is 10.2 Å². The average Bonchev–Trinajstić information content (AvgIpc) is 3.17. The number of rotatable bonds is 5. The summed E-state index contributed by atoms with van der Waals surface area (Å²) in [5, 5.41) is 4.17. The number of guanidine groups is 1. The lowest BCUT2D eigenvalue weighted by Crippen LogP contribution is -2.52. The quantitative estimate of drug-likeness (QED) is 0.372. The molecule has 1 aromatic heterocycles. The Hall–Kier alpha value is -1.56. The van der Waals surface area contributed by atoms with E-state index in [4.69, 9.17) is 0 Å². The lowest BCUT2D eigenvalue weighted by Gasteiger charge is -2.36. The van der Waals surface area contributed by atoms with Crippen molar-refractivity contribution < 1.29 is 8.78 Å². The Bertz CT molecular complexity index is 772. The smallest absolute Gasteiger partial charge is 0.205 e. The summed E-state index contributed by atoms with van der Waals surface area (Å²) in [6.07, 6.45) is 1.11. The van der Waals surface area contributed by atoms with Gasteiger partial charge in [0, 0.05) is 63.3 Å². The Labute approximate surface area is 185 Å². The van der Waals surface area contributed by atoms with Crippen LogP contribution in [0.1, 0.15) is 18.3 Å². The van der Waals surface area contributed by atoms with Crippen molar-refractivity contribution in [3.05, 3.63) is 41.2 Å². The first-order valence-electron chi connectivity index (χ1n) is 9.08. The molecule has 6 nitrogen and oxygen atoms in total. The van der Waals surface area contributed by atoms with Crippen molar-refractivity contribution in [3.8, 4) is 0 Å². The van der Waals surface area contributed by atoms with Gasteiger partial charge >= 0.3 is 0 Å². The molecule has 1 aliphatic heterocycles. The Balaban J connectivity index is 0.00000280. The number of anilines is 1. The molecule has 2 aromatic rings. The molecule has 3 rings (SSSR count). The summed E-state index contributed by atoms with van der Waals surface area (Å²) < 4.78 is 31.8. The number of benzene rings is 1. The summed E-state index contributed by atoms with van der Waals surface area (Å²) in [5.41, 5.74) is 0.105. The van der Waals surface area contributed by atoms with Gasteiger partial charge in [0.15, 0.2) is 5.96 Å². The summed E-state index contributed by atoms with van der Waals surface area (Å²) in [5.74, 6) is 0.612. The molecule has 0 radical (unpaired) electrons. The maximum absolute atomic E-state index is 13.7. The molecular weight excluding hydrogens is 497 g/mol. The second kappa shape index (κ2) is 10.8. The van der Waals surface area contributed by atoms with Gasteiger partial charge in [-0.25, -0.2) is 13.8 Å². The average molecular weight is 522 g/mol. The Kier molecular flexibility index (Phi) is 8.80. The minimum atomic E-state index is -0.510. The predicted octanol–water partition coefficient (Wildman–Crippen LogP) is 2.94. The van der Waals surface area contributed by atoms with E-state index in [0.717, 1.165) is 49.5 Å². The first-order valence-corrected chi connectivity index (χ1v) is 9.85. The highest BCUT2D eigenvalue weighted by Crippen LogP contribution is 2.19. The van der Waals surface area contributed by atoms with Crippen molar-refractivity contribution in [1.29, 1.82) is 0 Å². The lowest BCUT2D eigenvalue weighted by molar-refractivity contribution is 0.372. The summed E-state index contributed by atoms with van der Waals surface area (Å²) >= 11 is 1.44. The zero-order valence-corrected chi connectivity index (χ0v) is 19.1. The molecule has 0 bridgehead atoms. The maximum atomic E-state index is 13.7. The topological polar surface area (TPSA) is 56.7 Å². The summed E-state index contributed by atoms with van der Waals surface area (Å²) in [4.78, 5) is 13.2. The van der Waals surface area contributed by atoms with Crippen LogP contribution in [0.4, 0.5) is 13.9 Å². The number of halogens is 3. The first-order chi connectivity index (χ1) is 13.1. The van der Waals surface area contributed by atoms with Gasteiger partial charge in [-0.2, -0.15) is 4.37 Å². The number of hydrogen-bond acceptors (Lipinski definition) is 5. The van der Waals surface area contributed by atoms with Gasteiger partial charge in [-0.05, 0) is 18.6 Å². The van der Waals surface area contributed by atoms with Crippen LogP contribution in [0.3, 0.4) is 0 Å². The van der Waals surface area contributed by atoms with Gasteiger partial charge in [0.1, 0.15) is 17.5 Å². The molecule has 0 atom stereocenters. The van der Waals surface area contributed by atoms with E-state index in [-0.39, 0.29) is 36.0 Å². The van der Waals surface area contributed by atoms with Crippen LogP contribution in [0.2, 0.25) is 0 Å². The number of hydrogen-bond donors (Lipinski definition) is 1. The van der Waals surface area contributed by atoms with E-state index in [9.17, 15) is 8.78 Å². The van der Waals surface area contributed by atoms with Crippen LogP contribution in [0.5, 0.6) is 0 Å². The Morgan fingerprint density at radius 3 is 2.46 bits per heavy atom. The molecular formula is C18H25F2IN6S. The molecule has 2 heterocycles. The molecule has 154 valence electrons. The monoisotopic (exact) mass is 522 g/mol. The van der Waals surface area contributed by atoms with Crippen LogP contribution in [0.15, 0.2) is 23.2 Å². The van der Waals surface area contributed by atoms with Crippen molar-refractivity contribution in [3.63, 3.8) is 0 Å². The number of aromatic nitrogens is 2. The number of nitrogens with one attached hydrogen (secondary N) is 1. The third kappa shape index (κ3) is 5.49. The van der Waals surface area contributed by atoms with Gasteiger partial charge < -0.3 is 15.1 Å². The largest absolute Gasteiger partial charge is 0.356 e. The number of aliphatic imine (C=N–C) groups is 1. The fourth-order valence-corrected chi connectivity index (χ4v) is 3.83. The molecule has 0 unspecified atom stereocenters. The van der Waals surface area contributed by atoms with Gasteiger partial charge in [-0.3, -0.25) is 4.99 Å². The molecule has 1 fully saturated rings. The van der Waals surface area contributed by atoms with Crippen LogP contribution in [-0.4, -0.2) is 60.0 Å². The van der Waals surface area contributed by atoms with E-state index in [1.165, 1.54) is 29.7 Å². The molecule has 10 heteroatoms. The van der Waals surface area contributed by atoms with Crippen LogP contribution in [0, 0.1) is 11.6 Å². The third-order valence-corrected chi connectivity index (χ3v) is 5.37. The standard InChI is InChI=1S/C18H24F2N6S.HI/c1-3-16-23-18(27-24-16)26-11-9-25(10-12-26)17(21-2)22-8-7-13-14(19)5-4-6-15(13)20;/h4-6H,3,7-12H2,1-2H3,(H,21,22);1H. The zero-order chi connectivity index (χ0) is 19.2. The molecule has 1 aliphatic rings. The van der Waals surface area contributed by atoms with E-state index < -0.39 is 11.6 Å². The van der Waals surface area contributed by atoms with Gasteiger partial charge in [-0.1, -0.05) is 13.0 Å². The fourth-order valence-electron chi connectivity index (χ4n) is 3.03. The molecule has 1 saturated heterocycles. The summed E-state index contributed by atoms with van der Waals surface area (Å²) in [6.45, 7) is 5.74. The molecule has 1 N–H and O–H groups in total. The summed E-state index contributed by atoms with van der Waals surface area (Å²) in [6, 6.07) is 3.94. The van der Waals surface area contributed by atoms with Crippen molar-refractivity contribution >= 4 is 46.6 Å². The van der Waals surface area contributed by atoms with Crippen LogP contribution in [0.25, 0.3) is 0 Å². The van der Waals surface area contributed by atoms with Crippen LogP contribution >= 0.6 is 35.5 Å². The number of piperazine rings is 1. The van der Waals surface area contributed by atoms with Crippen molar-refractivity contribution in [2.24, 2.45) is 4.99 Å². The summed E-state index contributed by atoms with van der Waals surface area (Å²) in [7, 11) is 1.72. The zero-order valence-electron chi connectivity index (χ0n) is 16.0. The SMILES string of the molecule is CCc1nsc(N2CCN(C(=NC)NCCc3c(F)cccc3F)CC2)n1.I. The lowest BCUT2D eigenvalue weighted by atomic mass is 10.1. The molecule has 0 spiro atoms. The fraction of sp³-hybridized carbons (Fsp3) is 0.500. The van der Waals surface area contributed by atoms with E-state index >= 15 is 0 Å². The minimum absolute atomic E-state index is 0. The normalized spacial score (nSPS) is 14.8.